The molecule has 0 fully saturated rings. The normalized spacial score (nSPS) is 11.0. The number of hydrogen-bond donors (Lipinski definition) is 1. The summed E-state index contributed by atoms with van der Waals surface area (Å²) in [5.41, 5.74) is 4.15. The Morgan fingerprint density at radius 2 is 1.50 bits per heavy atom. The van der Waals surface area contributed by atoms with Crippen molar-refractivity contribution in [3.05, 3.63) is 145 Å². The highest BCUT2D eigenvalue weighted by atomic mass is 35.5. The second-order valence-corrected chi connectivity index (χ2v) is 9.74. The maximum absolute atomic E-state index is 13.8. The smallest absolute Gasteiger partial charge is 0.336 e. The van der Waals surface area contributed by atoms with Crippen molar-refractivity contribution in [2.75, 3.05) is 0 Å². The molecule has 0 atom stereocenters. The van der Waals surface area contributed by atoms with Crippen molar-refractivity contribution < 1.29 is 4.79 Å². The maximum atomic E-state index is 13.8. The number of benzene rings is 4. The quantitative estimate of drug-likeness (QED) is 0.324. The van der Waals surface area contributed by atoms with Crippen molar-refractivity contribution in [3.8, 4) is 5.69 Å². The summed E-state index contributed by atoms with van der Waals surface area (Å²) in [6.07, 6.45) is 0. The Bertz CT molecular complexity index is 1770. The summed E-state index contributed by atoms with van der Waals surface area (Å²) in [6.45, 7) is 4.44. The molecule has 38 heavy (non-hydrogen) atoms. The number of aryl methyl sites for hydroxylation is 2. The van der Waals surface area contributed by atoms with Crippen LogP contribution < -0.4 is 16.6 Å². The fraction of sp³-hybridized carbons (Fsp3) is 0.129. The third-order valence-electron chi connectivity index (χ3n) is 6.56. The molecule has 0 saturated carbocycles. The number of nitrogens with zero attached hydrogens (tertiary/aromatic N) is 2. The Balaban J connectivity index is 1.62. The Morgan fingerprint density at radius 3 is 2.18 bits per heavy atom. The van der Waals surface area contributed by atoms with E-state index in [0.717, 1.165) is 22.3 Å². The van der Waals surface area contributed by atoms with Crippen molar-refractivity contribution in [1.29, 1.82) is 0 Å². The van der Waals surface area contributed by atoms with Gasteiger partial charge >= 0.3 is 5.69 Å². The highest BCUT2D eigenvalue weighted by Crippen LogP contribution is 2.17. The van der Waals surface area contributed by atoms with Crippen LogP contribution >= 0.6 is 11.6 Å². The van der Waals surface area contributed by atoms with Crippen molar-refractivity contribution in [2.24, 2.45) is 0 Å². The van der Waals surface area contributed by atoms with Crippen LogP contribution in [0.5, 0.6) is 0 Å². The van der Waals surface area contributed by atoms with E-state index in [1.165, 1.54) is 4.57 Å². The lowest BCUT2D eigenvalue weighted by Crippen LogP contribution is -2.39. The molecule has 6 nitrogen and oxygen atoms in total. The molecule has 0 aliphatic rings. The number of nitrogens with one attached hydrogen (secondary N) is 1. The summed E-state index contributed by atoms with van der Waals surface area (Å²) < 4.78 is 2.74. The fourth-order valence-electron chi connectivity index (χ4n) is 4.38. The van der Waals surface area contributed by atoms with Gasteiger partial charge in [0.05, 0.1) is 23.1 Å². The first-order valence-electron chi connectivity index (χ1n) is 12.3. The third-order valence-corrected chi connectivity index (χ3v) is 6.93. The fourth-order valence-corrected chi connectivity index (χ4v) is 4.58. The van der Waals surface area contributed by atoms with Crippen LogP contribution in [0.25, 0.3) is 16.6 Å². The molecule has 0 radical (unpaired) electrons. The number of halogens is 1. The zero-order valence-corrected chi connectivity index (χ0v) is 21.8. The average Bonchev–Trinajstić information content (AvgIpc) is 2.92. The summed E-state index contributed by atoms with van der Waals surface area (Å²) in [5, 5.41) is 3.79. The van der Waals surface area contributed by atoms with Crippen molar-refractivity contribution >= 4 is 28.4 Å². The topological polar surface area (TPSA) is 73.1 Å². The summed E-state index contributed by atoms with van der Waals surface area (Å²) in [7, 11) is 0. The van der Waals surface area contributed by atoms with Crippen molar-refractivity contribution in [3.63, 3.8) is 0 Å². The number of carbonyl (C=O) groups is 1. The van der Waals surface area contributed by atoms with E-state index in [4.69, 9.17) is 11.6 Å². The average molecular weight is 524 g/mol. The molecule has 1 heterocycles. The minimum atomic E-state index is -0.472. The molecule has 1 amide bonds. The molecule has 7 heteroatoms. The van der Waals surface area contributed by atoms with E-state index in [1.807, 2.05) is 68.4 Å². The minimum absolute atomic E-state index is 0.243. The number of amides is 1. The molecule has 0 spiro atoms. The van der Waals surface area contributed by atoms with Crippen molar-refractivity contribution in [2.45, 2.75) is 26.9 Å². The van der Waals surface area contributed by atoms with Crippen LogP contribution in [0.3, 0.4) is 0 Å². The van der Waals surface area contributed by atoms with E-state index in [-0.39, 0.29) is 19.0 Å². The summed E-state index contributed by atoms with van der Waals surface area (Å²) >= 11 is 6.22. The van der Waals surface area contributed by atoms with E-state index in [2.05, 4.69) is 5.32 Å². The SMILES string of the molecule is Cc1ccc(Cn2c(=O)n(-c3ccc(C)cc3)c(=O)c3ccc(C(=O)NCc4ccccc4Cl)cc32)cc1. The van der Waals surface area contributed by atoms with Crippen LogP contribution in [0.4, 0.5) is 0 Å². The van der Waals surface area contributed by atoms with Crippen LogP contribution in [0.15, 0.2) is 101 Å². The van der Waals surface area contributed by atoms with Gasteiger partial charge in [-0.25, -0.2) is 9.36 Å². The van der Waals surface area contributed by atoms with Crippen LogP contribution in [-0.4, -0.2) is 15.0 Å². The first-order valence-corrected chi connectivity index (χ1v) is 12.6. The lowest BCUT2D eigenvalue weighted by molar-refractivity contribution is 0.0951. The predicted molar refractivity (Wildman–Crippen MR) is 151 cm³/mol. The van der Waals surface area contributed by atoms with Gasteiger partial charge in [0.25, 0.3) is 11.5 Å². The standard InChI is InChI=1S/C31H26ClN3O3/c1-20-7-11-22(12-8-20)19-34-28-17-23(29(36)33-18-24-5-3-4-6-27(24)32)13-16-26(28)30(37)35(31(34)38)25-14-9-21(2)10-15-25/h3-17H,18-19H2,1-2H3,(H,33,36). The molecule has 0 bridgehead atoms. The Kier molecular flexibility index (Phi) is 6.99. The number of carbonyl (C=O) groups excluding carboxylic acids is 1. The van der Waals surface area contributed by atoms with Gasteiger partial charge in [-0.2, -0.15) is 0 Å². The second kappa shape index (κ2) is 10.5. The minimum Gasteiger partial charge on any atom is -0.348 e. The molecule has 0 aliphatic carbocycles. The van der Waals surface area contributed by atoms with Crippen LogP contribution in [0, 0.1) is 13.8 Å². The first kappa shape index (κ1) is 25.2. The number of aromatic nitrogens is 2. The predicted octanol–water partition coefficient (Wildman–Crippen LogP) is 5.40. The zero-order valence-electron chi connectivity index (χ0n) is 21.1. The van der Waals surface area contributed by atoms with Gasteiger partial charge in [0.1, 0.15) is 0 Å². The Labute approximate surface area is 224 Å². The maximum Gasteiger partial charge on any atom is 0.336 e. The largest absolute Gasteiger partial charge is 0.348 e. The molecule has 4 aromatic carbocycles. The zero-order chi connectivity index (χ0) is 26.8. The lowest BCUT2D eigenvalue weighted by Gasteiger charge is -2.16. The number of fused-ring (bicyclic) bond motifs is 1. The van der Waals surface area contributed by atoms with Gasteiger partial charge in [0, 0.05) is 17.1 Å². The highest BCUT2D eigenvalue weighted by molar-refractivity contribution is 6.31. The van der Waals surface area contributed by atoms with Gasteiger partial charge in [-0.3, -0.25) is 14.2 Å². The molecule has 1 N–H and O–H groups in total. The molecule has 0 saturated heterocycles. The third kappa shape index (κ3) is 5.04. The number of rotatable bonds is 6. The van der Waals surface area contributed by atoms with Crippen LogP contribution in [0.2, 0.25) is 5.02 Å². The number of hydrogen-bond acceptors (Lipinski definition) is 3. The molecule has 5 aromatic rings. The first-order chi connectivity index (χ1) is 18.3. The van der Waals surface area contributed by atoms with E-state index in [9.17, 15) is 14.4 Å². The van der Waals surface area contributed by atoms with Crippen LogP contribution in [0.1, 0.15) is 32.6 Å². The molecule has 190 valence electrons. The van der Waals surface area contributed by atoms with Gasteiger partial charge in [0.15, 0.2) is 0 Å². The van der Waals surface area contributed by atoms with Gasteiger partial charge in [-0.15, -0.1) is 0 Å². The van der Waals surface area contributed by atoms with Gasteiger partial charge in [-0.05, 0) is 61.4 Å². The summed E-state index contributed by atoms with van der Waals surface area (Å²) in [6, 6.07) is 27.2. The molecule has 5 rings (SSSR count). The van der Waals surface area contributed by atoms with Gasteiger partial charge < -0.3 is 5.32 Å². The molecule has 1 aromatic heterocycles. The van der Waals surface area contributed by atoms with E-state index >= 15 is 0 Å². The molecular weight excluding hydrogens is 498 g/mol. The Morgan fingerprint density at radius 1 is 0.842 bits per heavy atom. The highest BCUT2D eigenvalue weighted by Gasteiger charge is 2.17. The van der Waals surface area contributed by atoms with E-state index in [0.29, 0.717) is 27.2 Å². The summed E-state index contributed by atoms with van der Waals surface area (Å²) in [4.78, 5) is 40.4. The van der Waals surface area contributed by atoms with Gasteiger partial charge in [-0.1, -0.05) is 77.3 Å². The van der Waals surface area contributed by atoms with E-state index < -0.39 is 11.2 Å². The molecular formula is C31H26ClN3O3. The van der Waals surface area contributed by atoms with E-state index in [1.54, 1.807) is 41.0 Å². The van der Waals surface area contributed by atoms with Crippen molar-refractivity contribution in [1.82, 2.24) is 14.5 Å². The Hall–Kier alpha value is -4.42. The summed E-state index contributed by atoms with van der Waals surface area (Å²) in [5.74, 6) is -0.330. The second-order valence-electron chi connectivity index (χ2n) is 9.34. The molecule has 0 aliphatic heterocycles. The monoisotopic (exact) mass is 523 g/mol. The van der Waals surface area contributed by atoms with Gasteiger partial charge in [0.2, 0.25) is 0 Å². The van der Waals surface area contributed by atoms with Crippen LogP contribution in [-0.2, 0) is 13.1 Å². The molecule has 0 unspecified atom stereocenters. The lowest BCUT2D eigenvalue weighted by atomic mass is 10.1.